The second kappa shape index (κ2) is 7.35. The predicted molar refractivity (Wildman–Crippen MR) is 91.4 cm³/mol. The van der Waals surface area contributed by atoms with Crippen molar-refractivity contribution in [3.05, 3.63) is 29.8 Å². The average Bonchev–Trinajstić information content (AvgIpc) is 3.10. The van der Waals surface area contributed by atoms with Crippen molar-refractivity contribution >= 4 is 5.91 Å². The van der Waals surface area contributed by atoms with Crippen molar-refractivity contribution < 1.29 is 9.53 Å². The van der Waals surface area contributed by atoms with Crippen LogP contribution in [0.5, 0.6) is 5.75 Å². The maximum absolute atomic E-state index is 12.8. The van der Waals surface area contributed by atoms with Crippen LogP contribution in [0, 0.1) is 11.8 Å². The Morgan fingerprint density at radius 3 is 2.74 bits per heavy atom. The summed E-state index contributed by atoms with van der Waals surface area (Å²) in [5, 5.41) is 0. The maximum atomic E-state index is 12.8. The fourth-order valence-corrected chi connectivity index (χ4v) is 4.21. The first-order chi connectivity index (χ1) is 11.2. The molecule has 2 N–H and O–H groups in total. The topological polar surface area (TPSA) is 55.6 Å². The second-order valence-corrected chi connectivity index (χ2v) is 6.91. The zero-order chi connectivity index (χ0) is 16.2. The largest absolute Gasteiger partial charge is 0.497 e. The van der Waals surface area contributed by atoms with Crippen LogP contribution in [-0.4, -0.2) is 37.6 Å². The van der Waals surface area contributed by atoms with Gasteiger partial charge in [0.1, 0.15) is 5.75 Å². The number of hydrogen-bond donors (Lipinski definition) is 1. The number of rotatable bonds is 4. The third-order valence-corrected chi connectivity index (χ3v) is 5.65. The molecule has 1 saturated heterocycles. The van der Waals surface area contributed by atoms with E-state index in [1.807, 2.05) is 6.07 Å². The Kier molecular flexibility index (Phi) is 5.21. The number of nitrogens with two attached hydrogens (primary N) is 1. The number of likely N-dealkylation sites (tertiary alicyclic amines) is 1. The van der Waals surface area contributed by atoms with Crippen molar-refractivity contribution in [2.45, 2.75) is 38.0 Å². The van der Waals surface area contributed by atoms with E-state index >= 15 is 0 Å². The Morgan fingerprint density at radius 2 is 2.04 bits per heavy atom. The summed E-state index contributed by atoms with van der Waals surface area (Å²) in [7, 11) is 1.70. The van der Waals surface area contributed by atoms with Gasteiger partial charge in [-0.2, -0.15) is 0 Å². The number of nitrogens with zero attached hydrogens (tertiary/aromatic N) is 1. The first-order valence-electron chi connectivity index (χ1n) is 8.85. The minimum Gasteiger partial charge on any atom is -0.497 e. The number of carbonyl (C=O) groups is 1. The lowest BCUT2D eigenvalue weighted by Gasteiger charge is -2.35. The number of hydrogen-bond acceptors (Lipinski definition) is 3. The van der Waals surface area contributed by atoms with Crippen LogP contribution >= 0.6 is 0 Å². The normalized spacial score (nSPS) is 25.6. The molecule has 0 unspecified atom stereocenters. The fourth-order valence-electron chi connectivity index (χ4n) is 4.21. The van der Waals surface area contributed by atoms with Gasteiger partial charge in [0, 0.05) is 19.0 Å². The summed E-state index contributed by atoms with van der Waals surface area (Å²) >= 11 is 0. The Bertz CT molecular complexity index is 538. The van der Waals surface area contributed by atoms with Crippen LogP contribution in [0.15, 0.2) is 24.3 Å². The van der Waals surface area contributed by atoms with E-state index < -0.39 is 0 Å². The third kappa shape index (κ3) is 3.52. The molecule has 1 aliphatic heterocycles. The summed E-state index contributed by atoms with van der Waals surface area (Å²) in [6, 6.07) is 8.33. The SMILES string of the molecule is COc1cccc(C2CCN(C(=O)[C@@H]3CCC[C@@H]3CN)CC2)c1. The number of amides is 1. The van der Waals surface area contributed by atoms with E-state index in [2.05, 4.69) is 23.1 Å². The molecule has 1 aromatic carbocycles. The van der Waals surface area contributed by atoms with Crippen LogP contribution in [0.1, 0.15) is 43.6 Å². The summed E-state index contributed by atoms with van der Waals surface area (Å²) < 4.78 is 5.32. The van der Waals surface area contributed by atoms with Gasteiger partial charge in [-0.25, -0.2) is 0 Å². The van der Waals surface area contributed by atoms with Crippen molar-refractivity contribution in [1.82, 2.24) is 4.90 Å². The molecule has 4 heteroatoms. The number of carbonyl (C=O) groups excluding carboxylic acids is 1. The zero-order valence-corrected chi connectivity index (χ0v) is 14.0. The van der Waals surface area contributed by atoms with Crippen molar-refractivity contribution in [2.24, 2.45) is 17.6 Å². The number of methoxy groups -OCH3 is 1. The lowest BCUT2D eigenvalue weighted by atomic mass is 9.88. The molecular weight excluding hydrogens is 288 g/mol. The molecule has 1 amide bonds. The van der Waals surface area contributed by atoms with Gasteiger partial charge in [-0.1, -0.05) is 18.6 Å². The monoisotopic (exact) mass is 316 g/mol. The van der Waals surface area contributed by atoms with E-state index in [4.69, 9.17) is 10.5 Å². The molecule has 3 rings (SSSR count). The summed E-state index contributed by atoms with van der Waals surface area (Å²) in [6.07, 6.45) is 5.38. The standard InChI is InChI=1S/C19H28N2O2/c1-23-17-6-2-4-15(12-17)14-8-10-21(11-9-14)19(22)18-7-3-5-16(18)13-20/h2,4,6,12,14,16,18H,3,5,7-11,13,20H2,1H3/t16-,18-/m1/s1. The zero-order valence-electron chi connectivity index (χ0n) is 14.0. The Balaban J connectivity index is 1.58. The fraction of sp³-hybridized carbons (Fsp3) is 0.632. The van der Waals surface area contributed by atoms with E-state index in [-0.39, 0.29) is 5.92 Å². The summed E-state index contributed by atoms with van der Waals surface area (Å²) in [5.74, 6) is 2.37. The summed E-state index contributed by atoms with van der Waals surface area (Å²) in [5.41, 5.74) is 7.17. The Hall–Kier alpha value is -1.55. The molecule has 4 nitrogen and oxygen atoms in total. The van der Waals surface area contributed by atoms with Gasteiger partial charge >= 0.3 is 0 Å². The highest BCUT2D eigenvalue weighted by Gasteiger charge is 2.36. The minimum atomic E-state index is 0.174. The second-order valence-electron chi connectivity index (χ2n) is 6.91. The molecule has 23 heavy (non-hydrogen) atoms. The molecule has 126 valence electrons. The van der Waals surface area contributed by atoms with Gasteiger partial charge in [0.25, 0.3) is 0 Å². The molecule has 2 atom stereocenters. The predicted octanol–water partition coefficient (Wildman–Crippen LogP) is 2.78. The van der Waals surface area contributed by atoms with Gasteiger partial charge in [-0.3, -0.25) is 4.79 Å². The van der Waals surface area contributed by atoms with E-state index in [9.17, 15) is 4.79 Å². The molecule has 1 heterocycles. The van der Waals surface area contributed by atoms with Crippen LogP contribution in [0.4, 0.5) is 0 Å². The van der Waals surface area contributed by atoms with Crippen LogP contribution in [0.3, 0.4) is 0 Å². The highest BCUT2D eigenvalue weighted by atomic mass is 16.5. The number of benzene rings is 1. The summed E-state index contributed by atoms with van der Waals surface area (Å²) in [6.45, 7) is 2.39. The maximum Gasteiger partial charge on any atom is 0.226 e. The molecule has 2 aliphatic rings. The average molecular weight is 316 g/mol. The van der Waals surface area contributed by atoms with Crippen LogP contribution in [0.2, 0.25) is 0 Å². The number of ether oxygens (including phenoxy) is 1. The smallest absolute Gasteiger partial charge is 0.226 e. The van der Waals surface area contributed by atoms with Gasteiger partial charge in [0.2, 0.25) is 5.91 Å². The van der Waals surface area contributed by atoms with Gasteiger partial charge in [0.05, 0.1) is 7.11 Å². The molecular formula is C19H28N2O2. The molecule has 2 fully saturated rings. The molecule has 0 spiro atoms. The van der Waals surface area contributed by atoms with Crippen LogP contribution in [0.25, 0.3) is 0 Å². The lowest BCUT2D eigenvalue weighted by Crippen LogP contribution is -2.43. The van der Waals surface area contributed by atoms with E-state index in [0.717, 1.165) is 50.9 Å². The Morgan fingerprint density at radius 1 is 1.26 bits per heavy atom. The van der Waals surface area contributed by atoms with E-state index in [0.29, 0.717) is 24.3 Å². The van der Waals surface area contributed by atoms with E-state index in [1.54, 1.807) is 7.11 Å². The minimum absolute atomic E-state index is 0.174. The van der Waals surface area contributed by atoms with Gasteiger partial charge in [-0.05, 0) is 61.8 Å². The quantitative estimate of drug-likeness (QED) is 0.929. The lowest BCUT2D eigenvalue weighted by molar-refractivity contribution is -0.137. The Labute approximate surface area is 139 Å². The van der Waals surface area contributed by atoms with Crippen molar-refractivity contribution in [3.8, 4) is 5.75 Å². The van der Waals surface area contributed by atoms with Crippen LogP contribution < -0.4 is 10.5 Å². The third-order valence-electron chi connectivity index (χ3n) is 5.65. The molecule has 1 aromatic rings. The van der Waals surface area contributed by atoms with Crippen molar-refractivity contribution in [2.75, 3.05) is 26.7 Å². The van der Waals surface area contributed by atoms with Gasteiger partial charge in [0.15, 0.2) is 0 Å². The van der Waals surface area contributed by atoms with E-state index in [1.165, 1.54) is 5.56 Å². The summed E-state index contributed by atoms with van der Waals surface area (Å²) in [4.78, 5) is 14.8. The van der Waals surface area contributed by atoms with Crippen molar-refractivity contribution in [1.29, 1.82) is 0 Å². The highest BCUT2D eigenvalue weighted by Crippen LogP contribution is 2.35. The molecule has 1 aliphatic carbocycles. The molecule has 1 saturated carbocycles. The first kappa shape index (κ1) is 16.3. The van der Waals surface area contributed by atoms with Gasteiger partial charge in [-0.15, -0.1) is 0 Å². The van der Waals surface area contributed by atoms with Gasteiger partial charge < -0.3 is 15.4 Å². The number of piperidine rings is 1. The molecule has 0 bridgehead atoms. The first-order valence-corrected chi connectivity index (χ1v) is 8.85. The molecule has 0 radical (unpaired) electrons. The van der Waals surface area contributed by atoms with Crippen LogP contribution in [-0.2, 0) is 4.79 Å². The van der Waals surface area contributed by atoms with Crippen molar-refractivity contribution in [3.63, 3.8) is 0 Å². The molecule has 0 aromatic heterocycles. The highest BCUT2D eigenvalue weighted by molar-refractivity contribution is 5.79.